The number of nitrogens with zero attached hydrogens (tertiary/aromatic N) is 1. The average molecular weight is 153 g/mol. The molecule has 0 fully saturated rings. The van der Waals surface area contributed by atoms with E-state index in [1.54, 1.807) is 12.1 Å². The molecule has 1 heterocycles. The fourth-order valence-electron chi connectivity index (χ4n) is 0.934. The molecule has 0 aromatic carbocycles. The van der Waals surface area contributed by atoms with E-state index in [2.05, 4.69) is 0 Å². The van der Waals surface area contributed by atoms with E-state index >= 15 is 0 Å². The molecule has 0 unspecified atom stereocenters. The molecule has 1 aromatic rings. The standard InChI is InChI=1S/C8H11NO2/c1-6(2)7-4-3-5-8(10)9(7)11/h3-6,11H,1-2H3. The highest BCUT2D eigenvalue weighted by Gasteiger charge is 2.04. The highest BCUT2D eigenvalue weighted by molar-refractivity contribution is 5.08. The molecule has 0 atom stereocenters. The van der Waals surface area contributed by atoms with Crippen LogP contribution in [0.2, 0.25) is 0 Å². The lowest BCUT2D eigenvalue weighted by Crippen LogP contribution is -2.20. The van der Waals surface area contributed by atoms with Crippen molar-refractivity contribution in [3.63, 3.8) is 0 Å². The van der Waals surface area contributed by atoms with Gasteiger partial charge < -0.3 is 5.21 Å². The quantitative estimate of drug-likeness (QED) is 0.616. The predicted octanol–water partition coefficient (Wildman–Crippen LogP) is 1.21. The number of pyridine rings is 1. The zero-order valence-electron chi connectivity index (χ0n) is 6.61. The molecule has 0 aliphatic heterocycles. The molecule has 1 rings (SSSR count). The number of hydrogen-bond donors (Lipinski definition) is 1. The molecule has 0 radical (unpaired) electrons. The Bertz CT molecular complexity index is 301. The van der Waals surface area contributed by atoms with Crippen LogP contribution in [0.15, 0.2) is 23.0 Å². The molecule has 3 nitrogen and oxygen atoms in total. The first-order valence-electron chi connectivity index (χ1n) is 3.54. The minimum absolute atomic E-state index is 0.161. The second-order valence-corrected chi connectivity index (χ2v) is 2.76. The molecule has 0 spiro atoms. The largest absolute Gasteiger partial charge is 0.425 e. The van der Waals surface area contributed by atoms with Crippen LogP contribution in [0.1, 0.15) is 25.5 Å². The van der Waals surface area contributed by atoms with Crippen LogP contribution in [-0.4, -0.2) is 9.94 Å². The summed E-state index contributed by atoms with van der Waals surface area (Å²) < 4.78 is 0.685. The summed E-state index contributed by atoms with van der Waals surface area (Å²) in [6.07, 6.45) is 0. The first kappa shape index (κ1) is 7.85. The molecule has 1 aromatic heterocycles. The van der Waals surface area contributed by atoms with Gasteiger partial charge in [0.25, 0.3) is 5.56 Å². The topological polar surface area (TPSA) is 42.2 Å². The van der Waals surface area contributed by atoms with Gasteiger partial charge in [-0.3, -0.25) is 4.79 Å². The molecule has 1 N–H and O–H groups in total. The Morgan fingerprint density at radius 1 is 1.45 bits per heavy atom. The maximum absolute atomic E-state index is 10.9. The summed E-state index contributed by atoms with van der Waals surface area (Å²) >= 11 is 0. The SMILES string of the molecule is CC(C)c1cccc(=O)n1O. The van der Waals surface area contributed by atoms with E-state index in [9.17, 15) is 10.0 Å². The van der Waals surface area contributed by atoms with Crippen LogP contribution < -0.4 is 5.56 Å². The Morgan fingerprint density at radius 3 is 2.55 bits per heavy atom. The number of aromatic nitrogens is 1. The third-order valence-electron chi connectivity index (χ3n) is 1.55. The summed E-state index contributed by atoms with van der Waals surface area (Å²) in [5.41, 5.74) is 0.258. The van der Waals surface area contributed by atoms with E-state index in [4.69, 9.17) is 0 Å². The van der Waals surface area contributed by atoms with Crippen LogP contribution >= 0.6 is 0 Å². The molecule has 0 amide bonds. The normalized spacial score (nSPS) is 10.5. The van der Waals surface area contributed by atoms with Gasteiger partial charge in [-0.05, 0) is 12.0 Å². The van der Waals surface area contributed by atoms with Gasteiger partial charge in [-0.15, -0.1) is 0 Å². The zero-order valence-corrected chi connectivity index (χ0v) is 6.61. The molecule has 0 saturated heterocycles. The number of rotatable bonds is 1. The molecular formula is C8H11NO2. The van der Waals surface area contributed by atoms with Gasteiger partial charge in [0.1, 0.15) is 0 Å². The Kier molecular flexibility index (Phi) is 1.98. The fourth-order valence-corrected chi connectivity index (χ4v) is 0.934. The van der Waals surface area contributed by atoms with Gasteiger partial charge in [-0.2, -0.15) is 4.73 Å². The van der Waals surface area contributed by atoms with Crippen LogP contribution in [0.5, 0.6) is 0 Å². The van der Waals surface area contributed by atoms with Crippen molar-refractivity contribution in [3.8, 4) is 0 Å². The summed E-state index contributed by atoms with van der Waals surface area (Å²) in [5.74, 6) is 0.161. The molecular weight excluding hydrogens is 142 g/mol. The summed E-state index contributed by atoms with van der Waals surface area (Å²) in [6, 6.07) is 4.70. The molecule has 0 aliphatic rings. The maximum Gasteiger partial charge on any atom is 0.283 e. The van der Waals surface area contributed by atoms with Crippen molar-refractivity contribution in [3.05, 3.63) is 34.2 Å². The average Bonchev–Trinajstić information content (AvgIpc) is 1.94. The van der Waals surface area contributed by atoms with Crippen molar-refractivity contribution in [2.75, 3.05) is 0 Å². The highest BCUT2D eigenvalue weighted by Crippen LogP contribution is 2.09. The van der Waals surface area contributed by atoms with Crippen molar-refractivity contribution in [2.45, 2.75) is 19.8 Å². The van der Waals surface area contributed by atoms with Crippen LogP contribution in [0, 0.1) is 0 Å². The van der Waals surface area contributed by atoms with Crippen molar-refractivity contribution in [2.24, 2.45) is 0 Å². The minimum Gasteiger partial charge on any atom is -0.425 e. The van der Waals surface area contributed by atoms with E-state index in [1.165, 1.54) is 6.07 Å². The summed E-state index contributed by atoms with van der Waals surface area (Å²) in [5, 5.41) is 9.17. The molecule has 0 aliphatic carbocycles. The van der Waals surface area contributed by atoms with E-state index < -0.39 is 0 Å². The predicted molar refractivity (Wildman–Crippen MR) is 42.0 cm³/mol. The smallest absolute Gasteiger partial charge is 0.283 e. The van der Waals surface area contributed by atoms with Gasteiger partial charge in [0.15, 0.2) is 0 Å². The van der Waals surface area contributed by atoms with Crippen molar-refractivity contribution >= 4 is 0 Å². The fraction of sp³-hybridized carbons (Fsp3) is 0.375. The van der Waals surface area contributed by atoms with Gasteiger partial charge in [0.2, 0.25) is 0 Å². The van der Waals surface area contributed by atoms with Crippen LogP contribution in [0.3, 0.4) is 0 Å². The summed E-state index contributed by atoms with van der Waals surface area (Å²) in [4.78, 5) is 10.9. The van der Waals surface area contributed by atoms with Crippen molar-refractivity contribution in [1.82, 2.24) is 4.73 Å². The van der Waals surface area contributed by atoms with Gasteiger partial charge in [-0.1, -0.05) is 19.9 Å². The van der Waals surface area contributed by atoms with Gasteiger partial charge in [-0.25, -0.2) is 0 Å². The Labute approximate surface area is 64.9 Å². The van der Waals surface area contributed by atoms with Gasteiger partial charge in [0.05, 0.1) is 5.69 Å². The van der Waals surface area contributed by atoms with Gasteiger partial charge in [0, 0.05) is 6.07 Å². The Balaban J connectivity index is 3.28. The first-order chi connectivity index (χ1) is 5.13. The molecule has 60 valence electrons. The maximum atomic E-state index is 10.9. The van der Waals surface area contributed by atoms with E-state index in [-0.39, 0.29) is 11.5 Å². The first-order valence-corrected chi connectivity index (χ1v) is 3.54. The Morgan fingerprint density at radius 2 is 2.09 bits per heavy atom. The highest BCUT2D eigenvalue weighted by atomic mass is 16.5. The molecule has 3 heteroatoms. The third-order valence-corrected chi connectivity index (χ3v) is 1.55. The van der Waals surface area contributed by atoms with Crippen molar-refractivity contribution < 1.29 is 5.21 Å². The third kappa shape index (κ3) is 1.42. The van der Waals surface area contributed by atoms with Gasteiger partial charge >= 0.3 is 0 Å². The summed E-state index contributed by atoms with van der Waals surface area (Å²) in [7, 11) is 0. The zero-order chi connectivity index (χ0) is 8.43. The van der Waals surface area contributed by atoms with Crippen LogP contribution in [-0.2, 0) is 0 Å². The van der Waals surface area contributed by atoms with Crippen molar-refractivity contribution in [1.29, 1.82) is 0 Å². The number of hydrogen-bond acceptors (Lipinski definition) is 2. The molecule has 0 saturated carbocycles. The lowest BCUT2D eigenvalue weighted by molar-refractivity contribution is 0.162. The Hall–Kier alpha value is -1.25. The lowest BCUT2D eigenvalue weighted by atomic mass is 10.1. The van der Waals surface area contributed by atoms with Crippen LogP contribution in [0.4, 0.5) is 0 Å². The monoisotopic (exact) mass is 153 g/mol. The van der Waals surface area contributed by atoms with E-state index in [1.807, 2.05) is 13.8 Å². The molecule has 0 bridgehead atoms. The summed E-state index contributed by atoms with van der Waals surface area (Å²) in [6.45, 7) is 3.84. The second kappa shape index (κ2) is 2.78. The van der Waals surface area contributed by atoms with Crippen LogP contribution in [0.25, 0.3) is 0 Å². The van der Waals surface area contributed by atoms with E-state index in [0.717, 1.165) is 0 Å². The second-order valence-electron chi connectivity index (χ2n) is 2.76. The minimum atomic E-state index is -0.379. The van der Waals surface area contributed by atoms with E-state index in [0.29, 0.717) is 10.4 Å². The molecule has 11 heavy (non-hydrogen) atoms. The lowest BCUT2D eigenvalue weighted by Gasteiger charge is -2.07.